The van der Waals surface area contributed by atoms with Crippen LogP contribution < -0.4 is 16.5 Å². The Kier molecular flexibility index (Phi) is 5.56. The summed E-state index contributed by atoms with van der Waals surface area (Å²) in [5.74, 6) is -1.83. The number of benzene rings is 1. The third-order valence-corrected chi connectivity index (χ3v) is 4.74. The zero-order valence-electron chi connectivity index (χ0n) is 14.6. The predicted octanol–water partition coefficient (Wildman–Crippen LogP) is 3.10. The molecule has 140 valence electrons. The van der Waals surface area contributed by atoms with Gasteiger partial charge in [-0.3, -0.25) is 4.79 Å². The largest absolute Gasteiger partial charge is 0.477 e. The van der Waals surface area contributed by atoms with Gasteiger partial charge in [-0.25, -0.2) is 9.18 Å². The van der Waals surface area contributed by atoms with Gasteiger partial charge in [-0.2, -0.15) is 0 Å². The van der Waals surface area contributed by atoms with Crippen LogP contribution in [0.2, 0.25) is 0 Å². The molecule has 1 aromatic carbocycles. The van der Waals surface area contributed by atoms with Crippen LogP contribution in [0.4, 0.5) is 10.1 Å². The van der Waals surface area contributed by atoms with Crippen LogP contribution in [0.5, 0.6) is 0 Å². The lowest BCUT2D eigenvalue weighted by Gasteiger charge is -2.14. The van der Waals surface area contributed by atoms with Crippen LogP contribution in [-0.4, -0.2) is 28.7 Å². The zero-order chi connectivity index (χ0) is 18.7. The number of fused-ring (bicyclic) bond motifs is 1. The lowest BCUT2D eigenvalue weighted by Crippen LogP contribution is -2.19. The summed E-state index contributed by atoms with van der Waals surface area (Å²) in [6, 6.07) is 2.95. The van der Waals surface area contributed by atoms with Crippen molar-refractivity contribution in [2.75, 3.05) is 18.4 Å². The van der Waals surface area contributed by atoms with E-state index in [4.69, 9.17) is 5.73 Å². The van der Waals surface area contributed by atoms with Crippen molar-refractivity contribution in [2.45, 2.75) is 44.6 Å². The van der Waals surface area contributed by atoms with Crippen LogP contribution in [-0.2, 0) is 0 Å². The van der Waals surface area contributed by atoms with E-state index < -0.39 is 17.2 Å². The maximum atomic E-state index is 14.4. The first-order chi connectivity index (χ1) is 12.5. The maximum Gasteiger partial charge on any atom is 0.341 e. The number of halogens is 1. The van der Waals surface area contributed by atoms with Crippen LogP contribution in [0.25, 0.3) is 10.9 Å². The lowest BCUT2D eigenvalue weighted by molar-refractivity contribution is 0.0695. The molecule has 4 N–H and O–H groups in total. The molecule has 7 heteroatoms. The van der Waals surface area contributed by atoms with Gasteiger partial charge in [-0.05, 0) is 44.4 Å². The third-order valence-electron chi connectivity index (χ3n) is 4.74. The quantitative estimate of drug-likeness (QED) is 0.596. The second-order valence-electron chi connectivity index (χ2n) is 6.79. The third kappa shape index (κ3) is 3.88. The molecule has 6 nitrogen and oxygen atoms in total. The first-order valence-electron chi connectivity index (χ1n) is 9.08. The van der Waals surface area contributed by atoms with E-state index in [1.54, 1.807) is 10.6 Å². The molecule has 3 rings (SSSR count). The molecule has 1 aliphatic rings. The number of rotatable bonds is 9. The highest BCUT2D eigenvalue weighted by molar-refractivity contribution is 5.93. The van der Waals surface area contributed by atoms with Gasteiger partial charge in [0.1, 0.15) is 11.4 Å². The molecular weight excluding hydrogens is 337 g/mol. The number of aromatic carboxylic acids is 1. The SMILES string of the molecule is NCCCCCCNc1cc2c(cc1F)c(=O)c(C(=O)O)cn2C1CC1. The van der Waals surface area contributed by atoms with E-state index in [1.807, 2.05) is 0 Å². The number of carbonyl (C=O) groups is 1. The molecule has 0 amide bonds. The lowest BCUT2D eigenvalue weighted by atomic mass is 10.1. The average molecular weight is 361 g/mol. The molecule has 1 aliphatic carbocycles. The number of aromatic nitrogens is 1. The summed E-state index contributed by atoms with van der Waals surface area (Å²) < 4.78 is 16.2. The topological polar surface area (TPSA) is 97.3 Å². The van der Waals surface area contributed by atoms with E-state index in [2.05, 4.69) is 5.32 Å². The molecule has 1 saturated carbocycles. The van der Waals surface area contributed by atoms with Gasteiger partial charge in [0, 0.05) is 24.2 Å². The van der Waals surface area contributed by atoms with Gasteiger partial charge in [0.2, 0.25) is 5.43 Å². The Morgan fingerprint density at radius 3 is 2.65 bits per heavy atom. The van der Waals surface area contributed by atoms with Crippen molar-refractivity contribution in [1.29, 1.82) is 0 Å². The monoisotopic (exact) mass is 361 g/mol. The molecule has 2 aromatic rings. The van der Waals surface area contributed by atoms with Crippen LogP contribution in [0, 0.1) is 5.82 Å². The first-order valence-corrected chi connectivity index (χ1v) is 9.08. The highest BCUT2D eigenvalue weighted by atomic mass is 19.1. The Morgan fingerprint density at radius 1 is 1.27 bits per heavy atom. The Balaban J connectivity index is 1.89. The standard InChI is InChI=1S/C19H24FN3O3/c20-15-9-13-17(10-16(15)22-8-4-2-1-3-7-21)23(12-5-6-12)11-14(18(13)24)19(25)26/h9-12,22H,1-8,21H2,(H,25,26). The van der Waals surface area contributed by atoms with Crippen LogP contribution in [0.3, 0.4) is 0 Å². The molecule has 0 aliphatic heterocycles. The van der Waals surface area contributed by atoms with Crippen LogP contribution >= 0.6 is 0 Å². The average Bonchev–Trinajstić information content (AvgIpc) is 3.44. The van der Waals surface area contributed by atoms with Crippen molar-refractivity contribution in [3.8, 4) is 0 Å². The molecule has 1 fully saturated rings. The van der Waals surface area contributed by atoms with E-state index in [0.29, 0.717) is 24.3 Å². The molecule has 0 radical (unpaired) electrons. The summed E-state index contributed by atoms with van der Waals surface area (Å²) in [5.41, 5.74) is 5.42. The summed E-state index contributed by atoms with van der Waals surface area (Å²) in [7, 11) is 0. The van der Waals surface area contributed by atoms with E-state index in [-0.39, 0.29) is 17.0 Å². The van der Waals surface area contributed by atoms with Crippen molar-refractivity contribution in [3.63, 3.8) is 0 Å². The molecule has 0 unspecified atom stereocenters. The number of nitrogens with one attached hydrogen (secondary N) is 1. The number of anilines is 1. The molecule has 0 atom stereocenters. The Hall–Kier alpha value is -2.41. The van der Waals surface area contributed by atoms with Crippen LogP contribution in [0.1, 0.15) is 54.9 Å². The van der Waals surface area contributed by atoms with Gasteiger partial charge in [-0.1, -0.05) is 12.8 Å². The highest BCUT2D eigenvalue weighted by Gasteiger charge is 2.27. The number of pyridine rings is 1. The number of nitrogens with zero attached hydrogens (tertiary/aromatic N) is 1. The molecule has 0 bridgehead atoms. The fraction of sp³-hybridized carbons (Fsp3) is 0.474. The number of nitrogens with two attached hydrogens (primary N) is 1. The summed E-state index contributed by atoms with van der Waals surface area (Å²) in [4.78, 5) is 23.7. The van der Waals surface area contributed by atoms with Crippen molar-refractivity contribution in [2.24, 2.45) is 5.73 Å². The number of unbranched alkanes of at least 4 members (excludes halogenated alkanes) is 3. The Labute approximate surface area is 150 Å². The first kappa shape index (κ1) is 18.4. The van der Waals surface area contributed by atoms with Gasteiger partial charge >= 0.3 is 5.97 Å². The van der Waals surface area contributed by atoms with E-state index in [9.17, 15) is 19.1 Å². The Morgan fingerprint density at radius 2 is 2.00 bits per heavy atom. The number of hydrogen-bond acceptors (Lipinski definition) is 4. The van der Waals surface area contributed by atoms with Crippen molar-refractivity contribution >= 4 is 22.6 Å². The minimum Gasteiger partial charge on any atom is -0.477 e. The second kappa shape index (κ2) is 7.86. The summed E-state index contributed by atoms with van der Waals surface area (Å²) in [6.45, 7) is 1.32. The fourth-order valence-corrected chi connectivity index (χ4v) is 3.16. The van der Waals surface area contributed by atoms with E-state index in [0.717, 1.165) is 44.6 Å². The zero-order valence-corrected chi connectivity index (χ0v) is 14.6. The smallest absolute Gasteiger partial charge is 0.341 e. The maximum absolute atomic E-state index is 14.4. The minimum absolute atomic E-state index is 0.114. The predicted molar refractivity (Wildman–Crippen MR) is 99.4 cm³/mol. The highest BCUT2D eigenvalue weighted by Crippen LogP contribution is 2.37. The van der Waals surface area contributed by atoms with Crippen molar-refractivity contribution in [3.05, 3.63) is 39.9 Å². The summed E-state index contributed by atoms with van der Waals surface area (Å²) in [6.07, 6.45) is 7.22. The van der Waals surface area contributed by atoms with Crippen molar-refractivity contribution < 1.29 is 14.3 Å². The second-order valence-corrected chi connectivity index (χ2v) is 6.79. The van der Waals surface area contributed by atoms with Gasteiger partial charge in [-0.15, -0.1) is 0 Å². The normalized spacial score (nSPS) is 13.9. The molecule has 1 heterocycles. The molecular formula is C19H24FN3O3. The van der Waals surface area contributed by atoms with Crippen LogP contribution in [0.15, 0.2) is 23.1 Å². The molecule has 26 heavy (non-hydrogen) atoms. The number of hydrogen-bond donors (Lipinski definition) is 3. The Bertz CT molecular complexity index is 874. The van der Waals surface area contributed by atoms with E-state index >= 15 is 0 Å². The minimum atomic E-state index is -1.29. The summed E-state index contributed by atoms with van der Waals surface area (Å²) >= 11 is 0. The number of carboxylic acid groups (broad SMARTS) is 1. The number of carboxylic acids is 1. The molecule has 0 saturated heterocycles. The fourth-order valence-electron chi connectivity index (χ4n) is 3.16. The van der Waals surface area contributed by atoms with Gasteiger partial charge < -0.3 is 20.7 Å². The van der Waals surface area contributed by atoms with Crippen molar-refractivity contribution in [1.82, 2.24) is 4.57 Å². The van der Waals surface area contributed by atoms with Gasteiger partial charge in [0.15, 0.2) is 0 Å². The molecule has 1 aromatic heterocycles. The molecule has 0 spiro atoms. The van der Waals surface area contributed by atoms with Gasteiger partial charge in [0.05, 0.1) is 11.2 Å². The van der Waals surface area contributed by atoms with E-state index in [1.165, 1.54) is 6.20 Å². The summed E-state index contributed by atoms with van der Waals surface area (Å²) in [5, 5.41) is 12.5. The van der Waals surface area contributed by atoms with Gasteiger partial charge in [0.25, 0.3) is 0 Å².